The van der Waals surface area contributed by atoms with Crippen LogP contribution in [0.1, 0.15) is 32.3 Å². The van der Waals surface area contributed by atoms with Crippen LogP contribution in [0.15, 0.2) is 23.4 Å². The molecular weight excluding hydrogens is 312 g/mol. The van der Waals surface area contributed by atoms with Gasteiger partial charge in [0.15, 0.2) is 17.6 Å². The summed E-state index contributed by atoms with van der Waals surface area (Å²) >= 11 is 0. The number of phenols is 1. The lowest BCUT2D eigenvalue weighted by molar-refractivity contribution is -0.150. The first-order valence-electron chi connectivity index (χ1n) is 7.98. The van der Waals surface area contributed by atoms with Crippen LogP contribution in [0.2, 0.25) is 0 Å². The van der Waals surface area contributed by atoms with E-state index in [0.29, 0.717) is 17.9 Å². The fraction of sp³-hybridized carbons (Fsp3) is 0.529. The second-order valence-electron chi connectivity index (χ2n) is 5.90. The molecule has 0 amide bonds. The van der Waals surface area contributed by atoms with Gasteiger partial charge in [-0.1, -0.05) is 25.4 Å². The van der Waals surface area contributed by atoms with Crippen molar-refractivity contribution in [1.29, 1.82) is 0 Å². The number of carbonyl (C=O) groups is 1. The molecular formula is C17H24N2O5. The van der Waals surface area contributed by atoms with Crippen LogP contribution < -0.4 is 10.5 Å². The predicted molar refractivity (Wildman–Crippen MR) is 89.1 cm³/mol. The van der Waals surface area contributed by atoms with E-state index in [9.17, 15) is 9.90 Å². The van der Waals surface area contributed by atoms with Crippen molar-refractivity contribution >= 4 is 11.7 Å². The first-order chi connectivity index (χ1) is 11.5. The number of phenolic OH excluding ortho intramolecular Hbond substituents is 1. The summed E-state index contributed by atoms with van der Waals surface area (Å²) in [6.45, 7) is 3.98. The van der Waals surface area contributed by atoms with E-state index < -0.39 is 12.0 Å². The summed E-state index contributed by atoms with van der Waals surface area (Å²) in [5.41, 5.74) is 7.25. The lowest BCUT2D eigenvalue weighted by Gasteiger charge is -2.17. The number of hydrogen-bond donors (Lipinski definition) is 2. The van der Waals surface area contributed by atoms with Crippen LogP contribution in [0, 0.1) is 5.92 Å². The van der Waals surface area contributed by atoms with E-state index in [1.807, 2.05) is 13.8 Å². The van der Waals surface area contributed by atoms with Crippen LogP contribution in [-0.4, -0.2) is 42.7 Å². The summed E-state index contributed by atoms with van der Waals surface area (Å²) in [6.07, 6.45) is 0.944. The molecule has 0 radical (unpaired) electrons. The topological polar surface area (TPSA) is 103 Å². The van der Waals surface area contributed by atoms with Crippen molar-refractivity contribution in [1.82, 2.24) is 0 Å². The maximum Gasteiger partial charge on any atom is 0.323 e. The molecule has 0 aliphatic carbocycles. The van der Waals surface area contributed by atoms with Gasteiger partial charge >= 0.3 is 5.97 Å². The highest BCUT2D eigenvalue weighted by molar-refractivity contribution is 6.01. The van der Waals surface area contributed by atoms with E-state index in [4.69, 9.17) is 20.0 Å². The molecule has 24 heavy (non-hydrogen) atoms. The van der Waals surface area contributed by atoms with Crippen molar-refractivity contribution in [2.75, 3.05) is 13.7 Å². The Morgan fingerprint density at radius 1 is 1.54 bits per heavy atom. The van der Waals surface area contributed by atoms with Gasteiger partial charge in [0.1, 0.15) is 12.6 Å². The standard InChI is InChI=1S/C17H24N2O5/c1-4-10(2)16(18)17(21)23-9-12-8-13(19-24-12)11-5-6-15(22-3)14(20)7-11/h5-7,10,12,16,20H,4,8-9,18H2,1-3H3/t10?,12?,16-/m0/s1. The van der Waals surface area contributed by atoms with E-state index in [1.165, 1.54) is 7.11 Å². The second-order valence-corrected chi connectivity index (χ2v) is 5.90. The highest BCUT2D eigenvalue weighted by atomic mass is 16.7. The van der Waals surface area contributed by atoms with E-state index in [1.54, 1.807) is 18.2 Å². The fourth-order valence-corrected chi connectivity index (χ4v) is 2.32. The van der Waals surface area contributed by atoms with Gasteiger partial charge in [-0.3, -0.25) is 4.79 Å². The summed E-state index contributed by atoms with van der Waals surface area (Å²) in [4.78, 5) is 17.2. The Bertz CT molecular complexity index is 617. The van der Waals surface area contributed by atoms with E-state index in [-0.39, 0.29) is 24.4 Å². The normalized spacial score (nSPS) is 19.2. The molecule has 1 aliphatic rings. The highest BCUT2D eigenvalue weighted by Crippen LogP contribution is 2.28. The Kier molecular flexibility index (Phi) is 6.03. The highest BCUT2D eigenvalue weighted by Gasteiger charge is 2.27. The molecule has 3 N–H and O–H groups in total. The van der Waals surface area contributed by atoms with Crippen molar-refractivity contribution in [3.05, 3.63) is 23.8 Å². The smallest absolute Gasteiger partial charge is 0.323 e. The van der Waals surface area contributed by atoms with Crippen LogP contribution >= 0.6 is 0 Å². The number of nitrogens with zero attached hydrogens (tertiary/aromatic N) is 1. The minimum absolute atomic E-state index is 0.0344. The van der Waals surface area contributed by atoms with Crippen molar-refractivity contribution < 1.29 is 24.2 Å². The third-order valence-electron chi connectivity index (χ3n) is 4.19. The van der Waals surface area contributed by atoms with Crippen LogP contribution in [0.4, 0.5) is 0 Å². The van der Waals surface area contributed by atoms with E-state index in [2.05, 4.69) is 5.16 Å². The molecule has 1 aromatic rings. The number of oxime groups is 1. The summed E-state index contributed by atoms with van der Waals surface area (Å²) in [7, 11) is 1.49. The fourth-order valence-electron chi connectivity index (χ4n) is 2.32. The molecule has 0 aromatic heterocycles. The Balaban J connectivity index is 1.87. The molecule has 1 aliphatic heterocycles. The number of benzene rings is 1. The zero-order chi connectivity index (χ0) is 17.7. The van der Waals surface area contributed by atoms with Crippen LogP contribution in [-0.2, 0) is 14.4 Å². The Morgan fingerprint density at radius 3 is 2.92 bits per heavy atom. The van der Waals surface area contributed by atoms with E-state index >= 15 is 0 Å². The molecule has 0 saturated heterocycles. The average molecular weight is 336 g/mol. The number of rotatable bonds is 7. The molecule has 2 unspecified atom stereocenters. The minimum atomic E-state index is -0.629. The van der Waals surface area contributed by atoms with Gasteiger partial charge in [0.2, 0.25) is 0 Å². The molecule has 7 nitrogen and oxygen atoms in total. The predicted octanol–water partition coefficient (Wildman–Crippen LogP) is 1.81. The maximum absolute atomic E-state index is 11.9. The summed E-state index contributed by atoms with van der Waals surface area (Å²) in [5, 5.41) is 13.8. The molecule has 0 fully saturated rings. The molecule has 3 atom stereocenters. The Hall–Kier alpha value is -2.28. The lowest BCUT2D eigenvalue weighted by atomic mass is 10.0. The maximum atomic E-state index is 11.9. The van der Waals surface area contributed by atoms with Gasteiger partial charge in [0.25, 0.3) is 0 Å². The largest absolute Gasteiger partial charge is 0.504 e. The molecule has 7 heteroatoms. The minimum Gasteiger partial charge on any atom is -0.504 e. The number of aromatic hydroxyl groups is 1. The third-order valence-corrected chi connectivity index (χ3v) is 4.19. The lowest BCUT2D eigenvalue weighted by Crippen LogP contribution is -2.39. The van der Waals surface area contributed by atoms with Gasteiger partial charge in [0.05, 0.1) is 12.8 Å². The zero-order valence-corrected chi connectivity index (χ0v) is 14.2. The quantitative estimate of drug-likeness (QED) is 0.736. The SMILES string of the molecule is CCC(C)[C@H](N)C(=O)OCC1CC(c2ccc(OC)c(O)c2)=NO1. The number of carbonyl (C=O) groups excluding carboxylic acids is 1. The third kappa shape index (κ3) is 4.17. The molecule has 132 valence electrons. The first kappa shape index (κ1) is 18.1. The average Bonchev–Trinajstić information content (AvgIpc) is 3.07. The van der Waals surface area contributed by atoms with Gasteiger partial charge in [-0.2, -0.15) is 0 Å². The molecule has 0 saturated carbocycles. The van der Waals surface area contributed by atoms with Crippen molar-refractivity contribution in [2.45, 2.75) is 38.8 Å². The number of nitrogens with two attached hydrogens (primary N) is 1. The van der Waals surface area contributed by atoms with Gasteiger partial charge in [-0.25, -0.2) is 0 Å². The Labute approximate surface area is 141 Å². The van der Waals surface area contributed by atoms with Gasteiger partial charge < -0.3 is 25.2 Å². The van der Waals surface area contributed by atoms with Crippen LogP contribution in [0.5, 0.6) is 11.5 Å². The molecule has 0 spiro atoms. The van der Waals surface area contributed by atoms with Crippen LogP contribution in [0.3, 0.4) is 0 Å². The van der Waals surface area contributed by atoms with Crippen molar-refractivity contribution in [3.8, 4) is 11.5 Å². The number of esters is 1. The first-order valence-corrected chi connectivity index (χ1v) is 7.98. The van der Waals surface area contributed by atoms with Crippen molar-refractivity contribution in [3.63, 3.8) is 0 Å². The molecule has 2 rings (SSSR count). The number of hydrogen-bond acceptors (Lipinski definition) is 7. The number of ether oxygens (including phenoxy) is 2. The summed E-state index contributed by atoms with van der Waals surface area (Å²) in [6, 6.07) is 4.38. The van der Waals surface area contributed by atoms with Gasteiger partial charge in [0, 0.05) is 12.0 Å². The number of methoxy groups -OCH3 is 1. The van der Waals surface area contributed by atoms with E-state index in [0.717, 1.165) is 12.0 Å². The second kappa shape index (κ2) is 8.01. The molecule has 0 bridgehead atoms. The monoisotopic (exact) mass is 336 g/mol. The summed E-state index contributed by atoms with van der Waals surface area (Å²) in [5.74, 6) is 0.0643. The Morgan fingerprint density at radius 2 is 2.29 bits per heavy atom. The van der Waals surface area contributed by atoms with Crippen LogP contribution in [0.25, 0.3) is 0 Å². The van der Waals surface area contributed by atoms with Crippen molar-refractivity contribution in [2.24, 2.45) is 16.8 Å². The van der Waals surface area contributed by atoms with Gasteiger partial charge in [-0.15, -0.1) is 0 Å². The summed E-state index contributed by atoms with van der Waals surface area (Å²) < 4.78 is 10.2. The molecule has 1 heterocycles. The zero-order valence-electron chi connectivity index (χ0n) is 14.2. The van der Waals surface area contributed by atoms with Gasteiger partial charge in [-0.05, 0) is 24.1 Å². The molecule has 1 aromatic carbocycles.